The van der Waals surface area contributed by atoms with Crippen molar-refractivity contribution in [2.75, 3.05) is 25.0 Å². The third kappa shape index (κ3) is 4.36. The number of carbonyl (C=O) groups excluding carboxylic acids is 1. The average Bonchev–Trinajstić information content (AvgIpc) is 3.24. The topological polar surface area (TPSA) is 153 Å². The number of benzene rings is 1. The fourth-order valence-electron chi connectivity index (χ4n) is 3.85. The lowest BCUT2D eigenvalue weighted by Gasteiger charge is -2.43. The number of anilines is 1. The van der Waals surface area contributed by atoms with Gasteiger partial charge in [-0.1, -0.05) is 17.4 Å². The summed E-state index contributed by atoms with van der Waals surface area (Å²) in [6.07, 6.45) is 3.80. The van der Waals surface area contributed by atoms with Gasteiger partial charge in [0.1, 0.15) is 0 Å². The van der Waals surface area contributed by atoms with Crippen molar-refractivity contribution in [1.82, 2.24) is 30.2 Å². The fourth-order valence-corrected chi connectivity index (χ4v) is 4.81. The molecule has 0 spiro atoms. The number of carboxylic acid groups (broad SMARTS) is 1. The van der Waals surface area contributed by atoms with E-state index < -0.39 is 11.7 Å². The first-order chi connectivity index (χ1) is 16.9. The van der Waals surface area contributed by atoms with Crippen LogP contribution in [0.25, 0.3) is 32.6 Å². The molecule has 0 unspecified atom stereocenters. The second kappa shape index (κ2) is 8.89. The van der Waals surface area contributed by atoms with Crippen LogP contribution in [0, 0.1) is 0 Å². The summed E-state index contributed by atoms with van der Waals surface area (Å²) in [4.78, 5) is 41.8. The second-order valence-electron chi connectivity index (χ2n) is 8.06. The molecule has 3 aromatic heterocycles. The van der Waals surface area contributed by atoms with E-state index in [1.54, 1.807) is 18.6 Å². The third-order valence-electron chi connectivity index (χ3n) is 5.57. The highest BCUT2D eigenvalue weighted by Gasteiger charge is 2.47. The van der Waals surface area contributed by atoms with Crippen molar-refractivity contribution in [2.45, 2.75) is 12.5 Å². The van der Waals surface area contributed by atoms with Gasteiger partial charge in [-0.05, 0) is 36.8 Å². The minimum atomic E-state index is -1.39. The highest BCUT2D eigenvalue weighted by molar-refractivity contribution is 7.22. The van der Waals surface area contributed by atoms with E-state index in [0.717, 1.165) is 26.4 Å². The molecule has 4 N–H and O–H groups in total. The standard InChI is InChI=1S/C23H21N7O4S/c1-2-24-20(31)29-21-28-17-8-13(7-15(18(17)35-21)16-5-3-4-6-25-16)14-9-26-19(27-10-14)23(34)11-30(12-23)22(32)33/h3-10,34H,2,11-12H2,1H3,(H,32,33)(H2,24,28,29,31). The molecule has 35 heavy (non-hydrogen) atoms. The van der Waals surface area contributed by atoms with Gasteiger partial charge in [0, 0.05) is 36.3 Å². The summed E-state index contributed by atoms with van der Waals surface area (Å²) in [6, 6.07) is 9.14. The Kier molecular flexibility index (Phi) is 5.75. The molecule has 5 rings (SSSR count). The lowest BCUT2D eigenvalue weighted by molar-refractivity contribution is -0.0957. The van der Waals surface area contributed by atoms with Crippen LogP contribution in [-0.2, 0) is 5.60 Å². The maximum absolute atomic E-state index is 12.0. The number of hydrogen-bond acceptors (Lipinski definition) is 8. The highest BCUT2D eigenvalue weighted by Crippen LogP contribution is 2.38. The Morgan fingerprint density at radius 3 is 2.57 bits per heavy atom. The average molecular weight is 492 g/mol. The number of carbonyl (C=O) groups is 2. The summed E-state index contributed by atoms with van der Waals surface area (Å²) >= 11 is 1.36. The maximum Gasteiger partial charge on any atom is 0.407 e. The van der Waals surface area contributed by atoms with Crippen molar-refractivity contribution in [2.24, 2.45) is 0 Å². The zero-order valence-electron chi connectivity index (χ0n) is 18.6. The quantitative estimate of drug-likeness (QED) is 0.332. The van der Waals surface area contributed by atoms with Gasteiger partial charge in [-0.15, -0.1) is 0 Å². The molecule has 1 aliphatic heterocycles. The normalized spacial score (nSPS) is 14.4. The molecule has 11 nitrogen and oxygen atoms in total. The van der Waals surface area contributed by atoms with E-state index in [2.05, 4.69) is 30.6 Å². The molecule has 0 bridgehead atoms. The van der Waals surface area contributed by atoms with Crippen molar-refractivity contribution in [3.8, 4) is 22.4 Å². The molecule has 4 aromatic rings. The van der Waals surface area contributed by atoms with Gasteiger partial charge in [0.25, 0.3) is 0 Å². The van der Waals surface area contributed by atoms with Gasteiger partial charge in [0.15, 0.2) is 16.6 Å². The fraction of sp³-hybridized carbons (Fsp3) is 0.217. The number of nitrogens with one attached hydrogen (secondary N) is 2. The van der Waals surface area contributed by atoms with Gasteiger partial charge in [-0.25, -0.2) is 24.5 Å². The lowest BCUT2D eigenvalue weighted by Crippen LogP contribution is -2.61. The van der Waals surface area contributed by atoms with Crippen molar-refractivity contribution in [3.05, 3.63) is 54.7 Å². The Balaban J connectivity index is 1.51. The summed E-state index contributed by atoms with van der Waals surface area (Å²) in [6.45, 7) is 2.19. The Morgan fingerprint density at radius 2 is 1.91 bits per heavy atom. The molecule has 0 aliphatic carbocycles. The molecule has 0 saturated carbocycles. The van der Waals surface area contributed by atoms with Gasteiger partial charge in [-0.3, -0.25) is 10.3 Å². The first kappa shape index (κ1) is 22.6. The number of pyridine rings is 1. The van der Waals surface area contributed by atoms with E-state index in [9.17, 15) is 14.7 Å². The number of thiazole rings is 1. The molecule has 0 atom stereocenters. The molecular formula is C23H21N7O4S. The van der Waals surface area contributed by atoms with Crippen LogP contribution < -0.4 is 10.6 Å². The Morgan fingerprint density at radius 1 is 1.14 bits per heavy atom. The van der Waals surface area contributed by atoms with Crippen molar-refractivity contribution in [3.63, 3.8) is 0 Å². The molecule has 1 fully saturated rings. The van der Waals surface area contributed by atoms with Crippen LogP contribution in [0.15, 0.2) is 48.9 Å². The van der Waals surface area contributed by atoms with Crippen LogP contribution >= 0.6 is 11.3 Å². The summed E-state index contributed by atoms with van der Waals surface area (Å²) in [5, 5.41) is 25.6. The largest absolute Gasteiger partial charge is 0.465 e. The number of fused-ring (bicyclic) bond motifs is 1. The van der Waals surface area contributed by atoms with E-state index in [1.807, 2.05) is 37.3 Å². The van der Waals surface area contributed by atoms with Crippen LogP contribution in [0.5, 0.6) is 0 Å². The maximum atomic E-state index is 12.0. The Hall–Kier alpha value is -4.16. The van der Waals surface area contributed by atoms with Crippen LogP contribution in [0.3, 0.4) is 0 Å². The van der Waals surface area contributed by atoms with Crippen molar-refractivity contribution in [1.29, 1.82) is 0 Å². The Labute approximate surface area is 203 Å². The number of β-amino-alcohol motifs (C(OH)–C–C–N with tert-alkyl or cyclic N) is 1. The molecule has 0 radical (unpaired) electrons. The van der Waals surface area contributed by atoms with Gasteiger partial charge < -0.3 is 20.4 Å². The van der Waals surface area contributed by atoms with Crippen LogP contribution in [0.2, 0.25) is 0 Å². The highest BCUT2D eigenvalue weighted by atomic mass is 32.1. The number of amides is 3. The lowest BCUT2D eigenvalue weighted by atomic mass is 9.93. The van der Waals surface area contributed by atoms with Gasteiger partial charge in [0.05, 0.1) is 29.0 Å². The molecule has 12 heteroatoms. The zero-order valence-corrected chi connectivity index (χ0v) is 19.4. The smallest absolute Gasteiger partial charge is 0.407 e. The number of likely N-dealkylation sites (tertiary alicyclic amines) is 1. The number of nitrogens with zero attached hydrogens (tertiary/aromatic N) is 5. The Bertz CT molecular complexity index is 1400. The number of hydrogen-bond donors (Lipinski definition) is 4. The summed E-state index contributed by atoms with van der Waals surface area (Å²) < 4.78 is 0.870. The summed E-state index contributed by atoms with van der Waals surface area (Å²) in [5.74, 6) is 0.173. The van der Waals surface area contributed by atoms with E-state index in [0.29, 0.717) is 22.8 Å². The SMILES string of the molecule is CCNC(=O)Nc1nc2cc(-c3cnc(C4(O)CN(C(=O)O)C4)nc3)cc(-c3ccccn3)c2s1. The summed E-state index contributed by atoms with van der Waals surface area (Å²) in [7, 11) is 0. The first-order valence-corrected chi connectivity index (χ1v) is 11.6. The molecule has 178 valence electrons. The zero-order chi connectivity index (χ0) is 24.6. The van der Waals surface area contributed by atoms with E-state index in [4.69, 9.17) is 5.11 Å². The van der Waals surface area contributed by atoms with Crippen molar-refractivity contribution < 1.29 is 19.8 Å². The van der Waals surface area contributed by atoms with E-state index in [1.165, 1.54) is 11.3 Å². The summed E-state index contributed by atoms with van der Waals surface area (Å²) in [5.41, 5.74) is 2.36. The van der Waals surface area contributed by atoms with Crippen LogP contribution in [0.4, 0.5) is 14.7 Å². The molecule has 1 aliphatic rings. The van der Waals surface area contributed by atoms with Gasteiger partial charge in [0.2, 0.25) is 0 Å². The predicted molar refractivity (Wildman–Crippen MR) is 130 cm³/mol. The molecule has 1 aromatic carbocycles. The van der Waals surface area contributed by atoms with E-state index >= 15 is 0 Å². The molecular weight excluding hydrogens is 470 g/mol. The van der Waals surface area contributed by atoms with E-state index in [-0.39, 0.29) is 24.9 Å². The first-order valence-electron chi connectivity index (χ1n) is 10.8. The second-order valence-corrected chi connectivity index (χ2v) is 9.06. The van der Waals surface area contributed by atoms with Crippen LogP contribution in [-0.4, -0.2) is 66.8 Å². The van der Waals surface area contributed by atoms with Crippen LogP contribution in [0.1, 0.15) is 12.7 Å². The predicted octanol–water partition coefficient (Wildman–Crippen LogP) is 3.14. The monoisotopic (exact) mass is 491 g/mol. The minimum Gasteiger partial charge on any atom is -0.465 e. The molecule has 4 heterocycles. The minimum absolute atomic E-state index is 0.0718. The molecule has 1 saturated heterocycles. The third-order valence-corrected chi connectivity index (χ3v) is 6.59. The van der Waals surface area contributed by atoms with Crippen molar-refractivity contribution >= 4 is 38.8 Å². The number of urea groups is 1. The van der Waals surface area contributed by atoms with Gasteiger partial charge in [-0.2, -0.15) is 0 Å². The van der Waals surface area contributed by atoms with Gasteiger partial charge >= 0.3 is 12.1 Å². The number of aromatic nitrogens is 4. The molecule has 3 amide bonds. The number of rotatable bonds is 5. The number of aliphatic hydroxyl groups is 1.